The van der Waals surface area contributed by atoms with Gasteiger partial charge in [0.25, 0.3) is 0 Å². The molecule has 0 radical (unpaired) electrons. The molecule has 2 rings (SSSR count). The van der Waals surface area contributed by atoms with Crippen molar-refractivity contribution in [2.75, 3.05) is 0 Å². The van der Waals surface area contributed by atoms with Gasteiger partial charge in [-0.3, -0.25) is 0 Å². The number of benzene rings is 2. The third-order valence-corrected chi connectivity index (χ3v) is 6.37. The summed E-state index contributed by atoms with van der Waals surface area (Å²) in [7, 11) is 0. The van der Waals surface area contributed by atoms with Gasteiger partial charge in [0, 0.05) is 14.8 Å². The van der Waals surface area contributed by atoms with E-state index in [-0.39, 0.29) is 0 Å². The van der Waals surface area contributed by atoms with Crippen LogP contribution in [0.1, 0.15) is 52.2 Å². The maximum absolute atomic E-state index is 12.9. The van der Waals surface area contributed by atoms with Crippen LogP contribution in [0.4, 0.5) is 18.0 Å². The SMILES string of the molecule is CC(O)[C@](C)(CCc1ccc(Sc2cccc(C(F)(F)F)c2)cc1Cl)NC(=O)OC(C)(C)C. The highest BCUT2D eigenvalue weighted by atomic mass is 35.5. The van der Waals surface area contributed by atoms with Crippen LogP contribution in [-0.4, -0.2) is 28.4 Å². The first-order valence-electron chi connectivity index (χ1n) is 10.4. The molecule has 1 amide bonds. The van der Waals surface area contributed by atoms with E-state index in [1.165, 1.54) is 17.8 Å². The number of hydrogen-bond donors (Lipinski definition) is 2. The average molecular weight is 504 g/mol. The number of carbonyl (C=O) groups excluding carboxylic acids is 1. The van der Waals surface area contributed by atoms with Gasteiger partial charge in [0.15, 0.2) is 0 Å². The Morgan fingerprint density at radius 3 is 2.30 bits per heavy atom. The smallest absolute Gasteiger partial charge is 0.416 e. The van der Waals surface area contributed by atoms with Crippen LogP contribution in [0.5, 0.6) is 0 Å². The molecule has 0 aliphatic heterocycles. The van der Waals surface area contributed by atoms with E-state index < -0.39 is 35.1 Å². The number of ether oxygens (including phenoxy) is 1. The minimum atomic E-state index is -4.40. The molecule has 2 N–H and O–H groups in total. The fraction of sp³-hybridized carbons (Fsp3) is 0.458. The third kappa shape index (κ3) is 8.43. The Morgan fingerprint density at radius 2 is 1.76 bits per heavy atom. The summed E-state index contributed by atoms with van der Waals surface area (Å²) in [6.07, 6.45) is -5.01. The van der Waals surface area contributed by atoms with Gasteiger partial charge < -0.3 is 15.2 Å². The van der Waals surface area contributed by atoms with Gasteiger partial charge in [-0.05, 0) is 83.4 Å². The van der Waals surface area contributed by atoms with Crippen LogP contribution in [-0.2, 0) is 17.3 Å². The molecule has 2 atom stereocenters. The molecular formula is C24H29ClF3NO3S. The summed E-state index contributed by atoms with van der Waals surface area (Å²) in [5.74, 6) is 0. The standard InChI is InChI=1S/C24H29ClF3NO3S/c1-15(30)23(5,29-21(31)32-22(2,3)4)12-11-16-9-10-19(14-20(16)25)33-18-8-6-7-17(13-18)24(26,27)28/h6-10,13-15,30H,11-12H2,1-5H3,(H,29,31)/t15?,23-/m0/s1. The number of nitrogens with one attached hydrogen (secondary N) is 1. The first-order chi connectivity index (χ1) is 15.1. The number of carbonyl (C=O) groups is 1. The zero-order chi connectivity index (χ0) is 25.0. The van der Waals surface area contributed by atoms with Gasteiger partial charge in [-0.2, -0.15) is 13.2 Å². The number of hydrogen-bond acceptors (Lipinski definition) is 4. The van der Waals surface area contributed by atoms with Crippen molar-refractivity contribution in [3.05, 3.63) is 58.6 Å². The molecule has 0 fully saturated rings. The average Bonchev–Trinajstić information content (AvgIpc) is 2.65. The van der Waals surface area contributed by atoms with Gasteiger partial charge in [0.1, 0.15) is 5.60 Å². The Bertz CT molecular complexity index is 976. The first kappa shape index (κ1) is 27.3. The van der Waals surface area contributed by atoms with Crippen LogP contribution < -0.4 is 5.32 Å². The van der Waals surface area contributed by atoms with Crippen LogP contribution in [0, 0.1) is 0 Å². The summed E-state index contributed by atoms with van der Waals surface area (Å²) in [5, 5.41) is 13.5. The summed E-state index contributed by atoms with van der Waals surface area (Å²) in [5.41, 5.74) is -1.52. The molecule has 9 heteroatoms. The van der Waals surface area contributed by atoms with Crippen molar-refractivity contribution in [3.63, 3.8) is 0 Å². The third-order valence-electron chi connectivity index (χ3n) is 5.04. The second-order valence-electron chi connectivity index (χ2n) is 9.10. The molecule has 0 aliphatic carbocycles. The van der Waals surface area contributed by atoms with Crippen LogP contribution in [0.25, 0.3) is 0 Å². The van der Waals surface area contributed by atoms with Crippen molar-refractivity contribution in [1.29, 1.82) is 0 Å². The normalized spacial score (nSPS) is 15.0. The lowest BCUT2D eigenvalue weighted by molar-refractivity contribution is -0.137. The molecule has 4 nitrogen and oxygen atoms in total. The van der Waals surface area contributed by atoms with E-state index in [9.17, 15) is 23.1 Å². The molecule has 0 heterocycles. The number of rotatable bonds is 7. The first-order valence-corrected chi connectivity index (χ1v) is 11.6. The fourth-order valence-electron chi connectivity index (χ4n) is 2.97. The van der Waals surface area contributed by atoms with Gasteiger partial charge in [-0.15, -0.1) is 0 Å². The van der Waals surface area contributed by atoms with E-state index in [0.29, 0.717) is 27.7 Å². The van der Waals surface area contributed by atoms with Crippen molar-refractivity contribution in [1.82, 2.24) is 5.32 Å². The zero-order valence-electron chi connectivity index (χ0n) is 19.2. The summed E-state index contributed by atoms with van der Waals surface area (Å²) in [6, 6.07) is 10.4. The summed E-state index contributed by atoms with van der Waals surface area (Å²) >= 11 is 7.62. The molecule has 0 saturated carbocycles. The Morgan fingerprint density at radius 1 is 1.12 bits per heavy atom. The summed E-state index contributed by atoms with van der Waals surface area (Å²) in [4.78, 5) is 13.4. The Labute approximate surface area is 201 Å². The molecule has 1 unspecified atom stereocenters. The number of halogens is 4. The molecule has 0 bridgehead atoms. The van der Waals surface area contributed by atoms with Crippen LogP contribution in [0.3, 0.4) is 0 Å². The van der Waals surface area contributed by atoms with Crippen molar-refractivity contribution in [2.24, 2.45) is 0 Å². The minimum Gasteiger partial charge on any atom is -0.444 e. The van der Waals surface area contributed by atoms with Crippen LogP contribution in [0.15, 0.2) is 52.3 Å². The second-order valence-corrected chi connectivity index (χ2v) is 10.7. The van der Waals surface area contributed by atoms with Crippen molar-refractivity contribution >= 4 is 29.5 Å². The maximum atomic E-state index is 12.9. The van der Waals surface area contributed by atoms with Gasteiger partial charge in [0.05, 0.1) is 17.2 Å². The number of alkyl carbamates (subject to hydrolysis) is 1. The Balaban J connectivity index is 2.09. The highest BCUT2D eigenvalue weighted by Gasteiger charge is 2.33. The van der Waals surface area contributed by atoms with E-state index in [0.717, 1.165) is 17.7 Å². The minimum absolute atomic E-state index is 0.393. The van der Waals surface area contributed by atoms with Crippen LogP contribution >= 0.6 is 23.4 Å². The van der Waals surface area contributed by atoms with Crippen molar-refractivity contribution < 1.29 is 27.8 Å². The van der Waals surface area contributed by atoms with Crippen LogP contribution in [0.2, 0.25) is 5.02 Å². The zero-order valence-corrected chi connectivity index (χ0v) is 20.8. The monoisotopic (exact) mass is 503 g/mol. The molecular weight excluding hydrogens is 475 g/mol. The van der Waals surface area contributed by atoms with Gasteiger partial charge in [-0.25, -0.2) is 4.79 Å². The van der Waals surface area contributed by atoms with Crippen molar-refractivity contribution in [3.8, 4) is 0 Å². The summed E-state index contributed by atoms with van der Waals surface area (Å²) < 4.78 is 44.1. The highest BCUT2D eigenvalue weighted by molar-refractivity contribution is 7.99. The quantitative estimate of drug-likeness (QED) is 0.423. The van der Waals surface area contributed by atoms with Crippen molar-refractivity contribution in [2.45, 2.75) is 80.7 Å². The molecule has 0 spiro atoms. The molecule has 33 heavy (non-hydrogen) atoms. The lowest BCUT2D eigenvalue weighted by atomic mass is 9.88. The molecule has 0 saturated heterocycles. The van der Waals surface area contributed by atoms with E-state index in [1.54, 1.807) is 58.9 Å². The highest BCUT2D eigenvalue weighted by Crippen LogP contribution is 2.36. The van der Waals surface area contributed by atoms with E-state index in [1.807, 2.05) is 0 Å². The van der Waals surface area contributed by atoms with Gasteiger partial charge in [0.2, 0.25) is 0 Å². The number of aryl methyl sites for hydroxylation is 1. The lowest BCUT2D eigenvalue weighted by Gasteiger charge is -2.34. The predicted molar refractivity (Wildman–Crippen MR) is 125 cm³/mol. The molecule has 0 aliphatic rings. The Kier molecular flexibility index (Phi) is 8.76. The molecule has 2 aromatic rings. The molecule has 2 aromatic carbocycles. The number of aliphatic hydroxyl groups excluding tert-OH is 1. The second kappa shape index (κ2) is 10.6. The predicted octanol–water partition coefficient (Wildman–Crippen LogP) is 7.11. The van der Waals surface area contributed by atoms with E-state index in [2.05, 4.69) is 5.32 Å². The lowest BCUT2D eigenvalue weighted by Crippen LogP contribution is -2.54. The number of alkyl halides is 3. The van der Waals surface area contributed by atoms with Gasteiger partial charge in [-0.1, -0.05) is 35.5 Å². The van der Waals surface area contributed by atoms with E-state index >= 15 is 0 Å². The summed E-state index contributed by atoms with van der Waals surface area (Å²) in [6.45, 7) is 8.59. The van der Waals surface area contributed by atoms with Gasteiger partial charge >= 0.3 is 12.3 Å². The number of aliphatic hydroxyl groups is 1. The maximum Gasteiger partial charge on any atom is 0.416 e. The molecule has 182 valence electrons. The molecule has 0 aromatic heterocycles. The largest absolute Gasteiger partial charge is 0.444 e. The van der Waals surface area contributed by atoms with E-state index in [4.69, 9.17) is 16.3 Å². The fourth-order valence-corrected chi connectivity index (χ4v) is 4.23. The topological polar surface area (TPSA) is 58.6 Å². The Hall–Kier alpha value is -1.90. The number of amides is 1.